The molecule has 18 heavy (non-hydrogen) atoms. The van der Waals surface area contributed by atoms with Gasteiger partial charge in [-0.2, -0.15) is 0 Å². The maximum absolute atomic E-state index is 8.59. The quantitative estimate of drug-likeness (QED) is 0.350. The van der Waals surface area contributed by atoms with Crippen LogP contribution in [0.2, 0.25) is 0 Å². The van der Waals surface area contributed by atoms with Crippen LogP contribution in [-0.4, -0.2) is 29.1 Å². The average Bonchev–Trinajstić information content (AvgIpc) is 2.34. The number of aromatic nitrogens is 1. The van der Waals surface area contributed by atoms with E-state index in [0.29, 0.717) is 12.3 Å². The van der Waals surface area contributed by atoms with Gasteiger partial charge in [-0.15, -0.1) is 0 Å². The van der Waals surface area contributed by atoms with Crippen LogP contribution in [0.4, 0.5) is 5.69 Å². The molecule has 0 atom stereocenters. The minimum absolute atomic E-state index is 0.260. The molecule has 3 N–H and O–H groups in total. The number of anilines is 1. The summed E-state index contributed by atoms with van der Waals surface area (Å²) in [5, 5.41) is 11.6. The Morgan fingerprint density at radius 1 is 1.56 bits per heavy atom. The number of aryl methyl sites for hydroxylation is 1. The van der Waals surface area contributed by atoms with Crippen molar-refractivity contribution in [2.45, 2.75) is 27.2 Å². The number of nitrogens with two attached hydrogens (primary N) is 1. The fraction of sp³-hybridized carbons (Fsp3) is 0.538. The molecule has 0 spiro atoms. The Morgan fingerprint density at radius 3 is 2.83 bits per heavy atom. The summed E-state index contributed by atoms with van der Waals surface area (Å²) in [5.74, 6) is 0.806. The van der Waals surface area contributed by atoms with Gasteiger partial charge < -0.3 is 15.8 Å². The highest BCUT2D eigenvalue weighted by atomic mass is 16.4. The molecule has 5 nitrogen and oxygen atoms in total. The summed E-state index contributed by atoms with van der Waals surface area (Å²) in [7, 11) is 0. The van der Waals surface area contributed by atoms with Gasteiger partial charge in [0.2, 0.25) is 0 Å². The van der Waals surface area contributed by atoms with E-state index in [1.807, 2.05) is 19.2 Å². The molecule has 0 radical (unpaired) electrons. The number of hydrogen-bond donors (Lipinski definition) is 2. The molecule has 100 valence electrons. The summed E-state index contributed by atoms with van der Waals surface area (Å²) in [6.07, 6.45) is 4.19. The van der Waals surface area contributed by atoms with E-state index in [4.69, 9.17) is 10.9 Å². The Balaban J connectivity index is 2.81. The van der Waals surface area contributed by atoms with Crippen LogP contribution in [0.3, 0.4) is 0 Å². The van der Waals surface area contributed by atoms with Gasteiger partial charge in [0, 0.05) is 37.6 Å². The van der Waals surface area contributed by atoms with Crippen molar-refractivity contribution < 1.29 is 5.21 Å². The lowest BCUT2D eigenvalue weighted by atomic mass is 10.1. The van der Waals surface area contributed by atoms with E-state index in [-0.39, 0.29) is 5.84 Å². The van der Waals surface area contributed by atoms with Gasteiger partial charge in [-0.3, -0.25) is 4.98 Å². The van der Waals surface area contributed by atoms with E-state index in [1.165, 1.54) is 0 Å². The molecule has 0 fully saturated rings. The zero-order valence-corrected chi connectivity index (χ0v) is 11.3. The van der Waals surface area contributed by atoms with Crippen molar-refractivity contribution in [3.8, 4) is 0 Å². The highest BCUT2D eigenvalue weighted by molar-refractivity contribution is 5.80. The van der Waals surface area contributed by atoms with Crippen molar-refractivity contribution >= 4 is 11.5 Å². The molecule has 0 saturated carbocycles. The van der Waals surface area contributed by atoms with Crippen molar-refractivity contribution in [3.63, 3.8) is 0 Å². The number of nitrogens with zero attached hydrogens (tertiary/aromatic N) is 3. The van der Waals surface area contributed by atoms with Crippen molar-refractivity contribution in [1.29, 1.82) is 0 Å². The minimum Gasteiger partial charge on any atom is -0.409 e. The Hall–Kier alpha value is -1.78. The molecular formula is C13H22N4O. The number of amidine groups is 1. The van der Waals surface area contributed by atoms with Gasteiger partial charge in [0.15, 0.2) is 0 Å². The number of pyridine rings is 1. The average molecular weight is 250 g/mol. The summed E-state index contributed by atoms with van der Waals surface area (Å²) in [6, 6.07) is 2.00. The van der Waals surface area contributed by atoms with Gasteiger partial charge in [-0.1, -0.05) is 19.0 Å². The first-order valence-corrected chi connectivity index (χ1v) is 6.16. The number of oxime groups is 1. The number of rotatable bonds is 6. The van der Waals surface area contributed by atoms with Gasteiger partial charge in [0.05, 0.1) is 0 Å². The van der Waals surface area contributed by atoms with Crippen LogP contribution >= 0.6 is 0 Å². The SMILES string of the molecule is Cc1cnccc1N(CCC(N)=NO)CC(C)C. The van der Waals surface area contributed by atoms with Crippen molar-refractivity contribution in [2.75, 3.05) is 18.0 Å². The first kappa shape index (κ1) is 14.3. The van der Waals surface area contributed by atoms with E-state index in [1.54, 1.807) is 6.20 Å². The molecule has 0 aliphatic rings. The van der Waals surface area contributed by atoms with Gasteiger partial charge in [-0.05, 0) is 24.5 Å². The zero-order valence-electron chi connectivity index (χ0n) is 11.3. The second-order valence-electron chi connectivity index (χ2n) is 4.84. The first-order valence-electron chi connectivity index (χ1n) is 6.16. The highest BCUT2D eigenvalue weighted by Crippen LogP contribution is 2.19. The zero-order chi connectivity index (χ0) is 13.5. The Bertz CT molecular complexity index is 404. The fourth-order valence-corrected chi connectivity index (χ4v) is 1.87. The van der Waals surface area contributed by atoms with Crippen LogP contribution < -0.4 is 10.6 Å². The van der Waals surface area contributed by atoms with E-state index in [0.717, 1.165) is 24.3 Å². The van der Waals surface area contributed by atoms with Crippen molar-refractivity contribution in [2.24, 2.45) is 16.8 Å². The lowest BCUT2D eigenvalue weighted by Crippen LogP contribution is -2.32. The molecule has 0 aliphatic heterocycles. The first-order chi connectivity index (χ1) is 8.54. The molecule has 0 saturated heterocycles. The third kappa shape index (κ3) is 4.24. The standard InChI is InChI=1S/C13H22N4O/c1-10(2)9-17(7-5-13(14)16-18)12-4-6-15-8-11(12)3/h4,6,8,10,18H,5,7,9H2,1-3H3,(H2,14,16). The lowest BCUT2D eigenvalue weighted by molar-refractivity contribution is 0.317. The maximum Gasteiger partial charge on any atom is 0.140 e. The van der Waals surface area contributed by atoms with Crippen molar-refractivity contribution in [1.82, 2.24) is 4.98 Å². The van der Waals surface area contributed by atoms with E-state index >= 15 is 0 Å². The molecule has 0 aliphatic carbocycles. The Kier molecular flexibility index (Phi) is 5.42. The normalized spacial score (nSPS) is 11.9. The predicted molar refractivity (Wildman–Crippen MR) is 74.1 cm³/mol. The maximum atomic E-state index is 8.59. The summed E-state index contributed by atoms with van der Waals surface area (Å²) in [5.41, 5.74) is 7.82. The van der Waals surface area contributed by atoms with Crippen LogP contribution in [-0.2, 0) is 0 Å². The monoisotopic (exact) mass is 250 g/mol. The van der Waals surface area contributed by atoms with Gasteiger partial charge >= 0.3 is 0 Å². The van der Waals surface area contributed by atoms with Gasteiger partial charge in [0.25, 0.3) is 0 Å². The largest absolute Gasteiger partial charge is 0.409 e. The van der Waals surface area contributed by atoms with Crippen LogP contribution in [0.5, 0.6) is 0 Å². The van der Waals surface area contributed by atoms with Crippen LogP contribution in [0, 0.1) is 12.8 Å². The third-order valence-corrected chi connectivity index (χ3v) is 2.68. The van der Waals surface area contributed by atoms with E-state index < -0.39 is 0 Å². The fourth-order valence-electron chi connectivity index (χ4n) is 1.87. The molecule has 0 bridgehead atoms. The molecule has 1 aromatic heterocycles. The topological polar surface area (TPSA) is 74.7 Å². The van der Waals surface area contributed by atoms with Gasteiger partial charge in [0.1, 0.15) is 5.84 Å². The van der Waals surface area contributed by atoms with Crippen LogP contribution in [0.15, 0.2) is 23.6 Å². The molecule has 1 heterocycles. The molecule has 0 aromatic carbocycles. The second kappa shape index (κ2) is 6.83. The summed E-state index contributed by atoms with van der Waals surface area (Å²) in [4.78, 5) is 6.35. The third-order valence-electron chi connectivity index (χ3n) is 2.68. The van der Waals surface area contributed by atoms with Crippen LogP contribution in [0.25, 0.3) is 0 Å². The van der Waals surface area contributed by atoms with Gasteiger partial charge in [-0.25, -0.2) is 0 Å². The van der Waals surface area contributed by atoms with E-state index in [9.17, 15) is 0 Å². The molecule has 5 heteroatoms. The Morgan fingerprint density at radius 2 is 2.28 bits per heavy atom. The lowest BCUT2D eigenvalue weighted by Gasteiger charge is -2.27. The Labute approximate surface area is 108 Å². The van der Waals surface area contributed by atoms with Crippen molar-refractivity contribution in [3.05, 3.63) is 24.0 Å². The highest BCUT2D eigenvalue weighted by Gasteiger charge is 2.11. The molecule has 1 aromatic rings. The predicted octanol–water partition coefficient (Wildman–Crippen LogP) is 1.99. The smallest absolute Gasteiger partial charge is 0.140 e. The summed E-state index contributed by atoms with van der Waals surface area (Å²) in [6.45, 7) is 8.06. The second-order valence-corrected chi connectivity index (χ2v) is 4.84. The molecule has 0 amide bonds. The molecule has 0 unspecified atom stereocenters. The van der Waals surface area contributed by atoms with Crippen LogP contribution in [0.1, 0.15) is 25.8 Å². The summed E-state index contributed by atoms with van der Waals surface area (Å²) < 4.78 is 0. The molecular weight excluding hydrogens is 228 g/mol. The van der Waals surface area contributed by atoms with E-state index in [2.05, 4.69) is 28.9 Å². The summed E-state index contributed by atoms with van der Waals surface area (Å²) >= 11 is 0. The minimum atomic E-state index is 0.260. The molecule has 1 rings (SSSR count). The number of hydrogen-bond acceptors (Lipinski definition) is 4.